The zero-order valence-corrected chi connectivity index (χ0v) is 15.5. The maximum absolute atomic E-state index is 4.51. The maximum atomic E-state index is 4.51. The van der Waals surface area contributed by atoms with Crippen molar-refractivity contribution in [1.82, 2.24) is 19.9 Å². The summed E-state index contributed by atoms with van der Waals surface area (Å²) in [5.74, 6) is 1.83. The van der Waals surface area contributed by atoms with Crippen molar-refractivity contribution >= 4 is 22.5 Å². The Labute approximate surface area is 150 Å². The van der Waals surface area contributed by atoms with Gasteiger partial charge in [-0.2, -0.15) is 0 Å². The molecule has 1 aliphatic rings. The zero-order chi connectivity index (χ0) is 17.5. The fourth-order valence-corrected chi connectivity index (χ4v) is 3.40. The van der Waals surface area contributed by atoms with Crippen molar-refractivity contribution in [1.29, 1.82) is 0 Å². The number of anilines is 2. The molecular weight excluding hydrogens is 312 g/mol. The summed E-state index contributed by atoms with van der Waals surface area (Å²) >= 11 is 0. The number of aromatic nitrogens is 3. The Morgan fingerprint density at radius 1 is 1.08 bits per heavy atom. The molecule has 0 bridgehead atoms. The first-order chi connectivity index (χ1) is 12.2. The van der Waals surface area contributed by atoms with Crippen LogP contribution in [0.2, 0.25) is 0 Å². The van der Waals surface area contributed by atoms with Gasteiger partial charge < -0.3 is 15.5 Å². The van der Waals surface area contributed by atoms with Crippen LogP contribution in [0.1, 0.15) is 44.9 Å². The second-order valence-corrected chi connectivity index (χ2v) is 7.23. The van der Waals surface area contributed by atoms with Crippen LogP contribution in [0.15, 0.2) is 18.6 Å². The van der Waals surface area contributed by atoms with Crippen LogP contribution < -0.4 is 10.6 Å². The van der Waals surface area contributed by atoms with Gasteiger partial charge in [-0.25, -0.2) is 15.0 Å². The molecular formula is C19H30N6. The number of pyridine rings is 1. The van der Waals surface area contributed by atoms with Crippen LogP contribution in [0, 0.1) is 0 Å². The molecule has 2 N–H and O–H groups in total. The molecule has 1 saturated carbocycles. The fourth-order valence-electron chi connectivity index (χ4n) is 3.40. The van der Waals surface area contributed by atoms with Gasteiger partial charge in [0, 0.05) is 18.0 Å². The average molecular weight is 342 g/mol. The number of hydrogen-bond acceptors (Lipinski definition) is 6. The summed E-state index contributed by atoms with van der Waals surface area (Å²) in [6.07, 6.45) is 12.3. The van der Waals surface area contributed by atoms with E-state index < -0.39 is 0 Å². The third-order valence-corrected chi connectivity index (χ3v) is 4.81. The minimum atomic E-state index is 0.519. The van der Waals surface area contributed by atoms with E-state index in [0.29, 0.717) is 6.04 Å². The Morgan fingerprint density at radius 3 is 2.64 bits per heavy atom. The summed E-state index contributed by atoms with van der Waals surface area (Å²) in [6.45, 7) is 1.98. The maximum Gasteiger partial charge on any atom is 0.137 e. The standard InChI is InChI=1S/C19H30N6/c1-25(2)11-7-10-20-18-12-16-17(13-21-18)22-14-23-19(16)24-15-8-5-3-4-6-9-15/h12-15H,3-11H2,1-2H3,(H,20,21)(H,22,23,24). The zero-order valence-electron chi connectivity index (χ0n) is 15.5. The van der Waals surface area contributed by atoms with Gasteiger partial charge in [-0.3, -0.25) is 0 Å². The van der Waals surface area contributed by atoms with Gasteiger partial charge >= 0.3 is 0 Å². The van der Waals surface area contributed by atoms with Gasteiger partial charge in [-0.1, -0.05) is 25.7 Å². The summed E-state index contributed by atoms with van der Waals surface area (Å²) in [4.78, 5) is 15.6. The molecule has 0 radical (unpaired) electrons. The lowest BCUT2D eigenvalue weighted by Gasteiger charge is -2.18. The average Bonchev–Trinajstić information content (AvgIpc) is 2.88. The topological polar surface area (TPSA) is 66.0 Å². The Kier molecular flexibility index (Phi) is 6.39. The fraction of sp³-hybridized carbons (Fsp3) is 0.632. The van der Waals surface area contributed by atoms with Crippen molar-refractivity contribution in [3.63, 3.8) is 0 Å². The van der Waals surface area contributed by atoms with Crippen molar-refractivity contribution in [2.24, 2.45) is 0 Å². The van der Waals surface area contributed by atoms with Crippen molar-refractivity contribution in [3.8, 4) is 0 Å². The van der Waals surface area contributed by atoms with Crippen LogP contribution in [-0.2, 0) is 0 Å². The first kappa shape index (κ1) is 17.9. The summed E-state index contributed by atoms with van der Waals surface area (Å²) in [5, 5.41) is 8.12. The third-order valence-electron chi connectivity index (χ3n) is 4.81. The van der Waals surface area contributed by atoms with E-state index in [1.54, 1.807) is 6.33 Å². The van der Waals surface area contributed by atoms with Gasteiger partial charge in [-0.05, 0) is 46.0 Å². The molecule has 3 rings (SSSR count). The quantitative estimate of drug-likeness (QED) is 0.593. The molecule has 2 heterocycles. The van der Waals surface area contributed by atoms with E-state index in [1.807, 2.05) is 6.20 Å². The number of fused-ring (bicyclic) bond motifs is 1. The molecule has 0 spiro atoms. The number of hydrogen-bond donors (Lipinski definition) is 2. The van der Waals surface area contributed by atoms with E-state index in [-0.39, 0.29) is 0 Å². The van der Waals surface area contributed by atoms with Gasteiger partial charge in [0.25, 0.3) is 0 Å². The van der Waals surface area contributed by atoms with E-state index >= 15 is 0 Å². The summed E-state index contributed by atoms with van der Waals surface area (Å²) in [5.41, 5.74) is 0.893. The lowest BCUT2D eigenvalue weighted by molar-refractivity contribution is 0.405. The van der Waals surface area contributed by atoms with Gasteiger partial charge in [0.15, 0.2) is 0 Å². The highest BCUT2D eigenvalue weighted by Crippen LogP contribution is 2.25. The van der Waals surface area contributed by atoms with Crippen LogP contribution in [0.25, 0.3) is 10.9 Å². The molecule has 136 valence electrons. The highest BCUT2D eigenvalue weighted by Gasteiger charge is 2.14. The molecule has 0 atom stereocenters. The molecule has 0 amide bonds. The first-order valence-corrected chi connectivity index (χ1v) is 9.48. The van der Waals surface area contributed by atoms with Gasteiger partial charge in [0.05, 0.1) is 11.7 Å². The predicted octanol–water partition coefficient (Wildman–Crippen LogP) is 3.52. The Hall–Kier alpha value is -1.95. The molecule has 0 unspecified atom stereocenters. The smallest absolute Gasteiger partial charge is 0.137 e. The number of nitrogens with zero attached hydrogens (tertiary/aromatic N) is 4. The molecule has 6 nitrogen and oxygen atoms in total. The molecule has 0 saturated heterocycles. The summed E-state index contributed by atoms with van der Waals surface area (Å²) in [7, 11) is 4.19. The number of rotatable bonds is 7. The molecule has 2 aromatic rings. The normalized spacial score (nSPS) is 16.1. The Morgan fingerprint density at radius 2 is 1.88 bits per heavy atom. The van der Waals surface area contributed by atoms with Crippen LogP contribution in [0.5, 0.6) is 0 Å². The predicted molar refractivity (Wildman–Crippen MR) is 104 cm³/mol. The summed E-state index contributed by atoms with van der Waals surface area (Å²) < 4.78 is 0. The minimum absolute atomic E-state index is 0.519. The van der Waals surface area contributed by atoms with E-state index in [4.69, 9.17) is 0 Å². The molecule has 1 aliphatic carbocycles. The highest BCUT2D eigenvalue weighted by molar-refractivity contribution is 5.90. The molecule has 0 aliphatic heterocycles. The van der Waals surface area contributed by atoms with Gasteiger partial charge in [0.1, 0.15) is 18.0 Å². The van der Waals surface area contributed by atoms with Gasteiger partial charge in [-0.15, -0.1) is 0 Å². The van der Waals surface area contributed by atoms with Crippen molar-refractivity contribution in [2.45, 2.75) is 51.0 Å². The van der Waals surface area contributed by atoms with Crippen molar-refractivity contribution in [2.75, 3.05) is 37.8 Å². The minimum Gasteiger partial charge on any atom is -0.370 e. The van der Waals surface area contributed by atoms with E-state index in [1.165, 1.54) is 38.5 Å². The van der Waals surface area contributed by atoms with Crippen LogP contribution in [0.4, 0.5) is 11.6 Å². The summed E-state index contributed by atoms with van der Waals surface area (Å²) in [6, 6.07) is 2.59. The number of nitrogens with one attached hydrogen (secondary N) is 2. The molecule has 1 fully saturated rings. The van der Waals surface area contributed by atoms with Crippen LogP contribution >= 0.6 is 0 Å². The van der Waals surface area contributed by atoms with Crippen LogP contribution in [0.3, 0.4) is 0 Å². The molecule has 2 aromatic heterocycles. The largest absolute Gasteiger partial charge is 0.370 e. The van der Waals surface area contributed by atoms with Crippen LogP contribution in [-0.4, -0.2) is 53.1 Å². The van der Waals surface area contributed by atoms with Crippen molar-refractivity contribution < 1.29 is 0 Å². The van der Waals surface area contributed by atoms with E-state index in [0.717, 1.165) is 42.0 Å². The monoisotopic (exact) mass is 342 g/mol. The molecule has 25 heavy (non-hydrogen) atoms. The van der Waals surface area contributed by atoms with E-state index in [2.05, 4.69) is 50.6 Å². The third kappa shape index (κ3) is 5.26. The van der Waals surface area contributed by atoms with Gasteiger partial charge in [0.2, 0.25) is 0 Å². The molecule has 6 heteroatoms. The highest BCUT2D eigenvalue weighted by atomic mass is 15.1. The van der Waals surface area contributed by atoms with E-state index in [9.17, 15) is 0 Å². The lowest BCUT2D eigenvalue weighted by Crippen LogP contribution is -2.19. The lowest BCUT2D eigenvalue weighted by atomic mass is 10.1. The Balaban J connectivity index is 1.70. The van der Waals surface area contributed by atoms with Crippen molar-refractivity contribution in [3.05, 3.63) is 18.6 Å². The second kappa shape index (κ2) is 8.94. The molecule has 0 aromatic carbocycles. The SMILES string of the molecule is CN(C)CCCNc1cc2c(NC3CCCCCC3)ncnc2cn1. The second-order valence-electron chi connectivity index (χ2n) is 7.23. The first-order valence-electron chi connectivity index (χ1n) is 9.48. The Bertz CT molecular complexity index is 664.